The third-order valence-electron chi connectivity index (χ3n) is 4.11. The van der Waals surface area contributed by atoms with Gasteiger partial charge < -0.3 is 25.4 Å². The highest BCUT2D eigenvalue weighted by Gasteiger charge is 2.11. The van der Waals surface area contributed by atoms with Crippen molar-refractivity contribution in [3.05, 3.63) is 28.8 Å². The Morgan fingerprint density at radius 3 is 2.20 bits per heavy atom. The maximum absolute atomic E-state index is 12.2. The molecule has 1 rings (SSSR count). The van der Waals surface area contributed by atoms with Crippen LogP contribution in [0.1, 0.15) is 50.8 Å². The second kappa shape index (κ2) is 12.3. The van der Waals surface area contributed by atoms with Crippen molar-refractivity contribution in [2.45, 2.75) is 60.1 Å². The van der Waals surface area contributed by atoms with Crippen molar-refractivity contribution in [1.82, 2.24) is 10.6 Å². The van der Waals surface area contributed by atoms with E-state index in [2.05, 4.69) is 36.7 Å². The molecule has 0 saturated carbocycles. The van der Waals surface area contributed by atoms with Crippen LogP contribution in [-0.2, 0) is 30.5 Å². The summed E-state index contributed by atoms with van der Waals surface area (Å²) < 4.78 is 10.3. The first-order valence-electron chi connectivity index (χ1n) is 10.1. The van der Waals surface area contributed by atoms with E-state index in [-0.39, 0.29) is 49.5 Å². The molecule has 0 unspecified atom stereocenters. The zero-order chi connectivity index (χ0) is 22.7. The molecule has 1 aromatic rings. The van der Waals surface area contributed by atoms with Crippen LogP contribution < -0.4 is 16.0 Å². The van der Waals surface area contributed by atoms with Gasteiger partial charge in [0.15, 0.2) is 0 Å². The van der Waals surface area contributed by atoms with Gasteiger partial charge in [-0.3, -0.25) is 14.4 Å². The number of esters is 1. The molecule has 0 aliphatic heterocycles. The first kappa shape index (κ1) is 25.6. The summed E-state index contributed by atoms with van der Waals surface area (Å²) in [4.78, 5) is 34.9. The number of aryl methyl sites for hydroxylation is 2. The molecule has 0 aliphatic rings. The molecule has 0 spiro atoms. The number of benzene rings is 1. The van der Waals surface area contributed by atoms with Crippen molar-refractivity contribution in [3.63, 3.8) is 0 Å². The Bertz CT molecular complexity index is 718. The Kier molecular flexibility index (Phi) is 10.5. The molecule has 3 N–H and O–H groups in total. The Morgan fingerprint density at radius 2 is 1.63 bits per heavy atom. The predicted molar refractivity (Wildman–Crippen MR) is 116 cm³/mol. The summed E-state index contributed by atoms with van der Waals surface area (Å²) in [6.07, 6.45) is 0.158. The number of amides is 2. The van der Waals surface area contributed by atoms with Crippen LogP contribution in [0.4, 0.5) is 5.69 Å². The van der Waals surface area contributed by atoms with Gasteiger partial charge in [-0.2, -0.15) is 0 Å². The number of carbonyl (C=O) groups is 3. The monoisotopic (exact) mass is 421 g/mol. The summed E-state index contributed by atoms with van der Waals surface area (Å²) >= 11 is 0. The zero-order valence-corrected chi connectivity index (χ0v) is 18.9. The third kappa shape index (κ3) is 10.9. The minimum atomic E-state index is -0.336. The van der Waals surface area contributed by atoms with E-state index < -0.39 is 0 Å². The fourth-order valence-corrected chi connectivity index (χ4v) is 2.75. The smallest absolute Gasteiger partial charge is 0.302 e. The molecule has 0 aliphatic carbocycles. The van der Waals surface area contributed by atoms with Gasteiger partial charge in [0.1, 0.15) is 13.2 Å². The molecule has 0 fully saturated rings. The zero-order valence-electron chi connectivity index (χ0n) is 18.9. The summed E-state index contributed by atoms with van der Waals surface area (Å²) in [7, 11) is 0. The number of ether oxygens (including phenoxy) is 2. The van der Waals surface area contributed by atoms with Crippen molar-refractivity contribution in [2.75, 3.05) is 31.6 Å². The number of anilines is 1. The number of hydrogen-bond acceptors (Lipinski definition) is 6. The first-order valence-corrected chi connectivity index (χ1v) is 10.1. The van der Waals surface area contributed by atoms with Crippen molar-refractivity contribution in [2.24, 2.45) is 0 Å². The lowest BCUT2D eigenvalue weighted by molar-refractivity contribution is -0.142. The molecule has 1 aromatic carbocycles. The molecule has 0 atom stereocenters. The standard InChI is InChI=1S/C22H35N3O5/c1-15-11-18(13-30-17(3)26)12-16(2)21(15)25-19(27)7-8-23-20(28)14-29-10-9-24-22(4,5)6/h11-12,24H,7-10,13-14H2,1-6H3,(H,23,28)(H,25,27). The Labute approximate surface area is 179 Å². The molecule has 8 nitrogen and oxygen atoms in total. The van der Waals surface area contributed by atoms with Gasteiger partial charge in [-0.25, -0.2) is 0 Å². The van der Waals surface area contributed by atoms with Crippen molar-refractivity contribution < 1.29 is 23.9 Å². The fraction of sp³-hybridized carbons (Fsp3) is 0.591. The maximum Gasteiger partial charge on any atom is 0.302 e. The van der Waals surface area contributed by atoms with Crippen molar-refractivity contribution >= 4 is 23.5 Å². The van der Waals surface area contributed by atoms with Gasteiger partial charge in [0, 0.05) is 37.7 Å². The molecule has 0 saturated heterocycles. The van der Waals surface area contributed by atoms with Crippen molar-refractivity contribution in [1.29, 1.82) is 0 Å². The van der Waals surface area contributed by atoms with Crippen LogP contribution in [0.5, 0.6) is 0 Å². The molecule has 8 heteroatoms. The van der Waals surface area contributed by atoms with Gasteiger partial charge in [-0.1, -0.05) is 12.1 Å². The molecule has 0 aromatic heterocycles. The minimum absolute atomic E-state index is 0.0122. The van der Waals surface area contributed by atoms with Gasteiger partial charge in [0.05, 0.1) is 6.61 Å². The van der Waals surface area contributed by atoms with Gasteiger partial charge in [-0.15, -0.1) is 0 Å². The van der Waals surface area contributed by atoms with Gasteiger partial charge >= 0.3 is 5.97 Å². The van der Waals surface area contributed by atoms with Crippen LogP contribution in [0, 0.1) is 13.8 Å². The summed E-state index contributed by atoms with van der Waals surface area (Å²) in [5.41, 5.74) is 3.37. The summed E-state index contributed by atoms with van der Waals surface area (Å²) in [6.45, 7) is 12.8. The number of carbonyl (C=O) groups excluding carboxylic acids is 3. The van der Waals surface area contributed by atoms with Gasteiger partial charge in [-0.05, 0) is 51.3 Å². The molecular weight excluding hydrogens is 386 g/mol. The van der Waals surface area contributed by atoms with E-state index in [1.165, 1.54) is 6.92 Å². The van der Waals surface area contributed by atoms with Gasteiger partial charge in [0.2, 0.25) is 11.8 Å². The molecule has 0 heterocycles. The molecular formula is C22H35N3O5. The average Bonchev–Trinajstić information content (AvgIpc) is 2.61. The van der Waals surface area contributed by atoms with E-state index in [9.17, 15) is 14.4 Å². The Hall–Kier alpha value is -2.45. The topological polar surface area (TPSA) is 106 Å². The normalized spacial score (nSPS) is 11.1. The third-order valence-corrected chi connectivity index (χ3v) is 4.11. The quantitative estimate of drug-likeness (QED) is 0.374. The van der Waals surface area contributed by atoms with Gasteiger partial charge in [0.25, 0.3) is 0 Å². The highest BCUT2D eigenvalue weighted by atomic mass is 16.5. The molecule has 0 radical (unpaired) electrons. The van der Waals surface area contributed by atoms with E-state index >= 15 is 0 Å². The van der Waals surface area contributed by atoms with Crippen molar-refractivity contribution in [3.8, 4) is 0 Å². The van der Waals surface area contributed by atoms with Crippen LogP contribution in [0.15, 0.2) is 12.1 Å². The first-order chi connectivity index (χ1) is 14.0. The second-order valence-corrected chi connectivity index (χ2v) is 8.26. The van der Waals surface area contributed by atoms with Crippen LogP contribution >= 0.6 is 0 Å². The number of nitrogens with one attached hydrogen (secondary N) is 3. The van der Waals surface area contributed by atoms with Crippen LogP contribution in [0.3, 0.4) is 0 Å². The van der Waals surface area contributed by atoms with Crippen LogP contribution in [0.25, 0.3) is 0 Å². The highest BCUT2D eigenvalue weighted by Crippen LogP contribution is 2.23. The lowest BCUT2D eigenvalue weighted by Crippen LogP contribution is -2.38. The Balaban J connectivity index is 2.34. The summed E-state index contributed by atoms with van der Waals surface area (Å²) in [6, 6.07) is 3.75. The minimum Gasteiger partial charge on any atom is -0.461 e. The van der Waals surface area contributed by atoms with Crippen LogP contribution in [-0.4, -0.2) is 49.6 Å². The fourth-order valence-electron chi connectivity index (χ4n) is 2.75. The summed E-state index contributed by atoms with van der Waals surface area (Å²) in [5.74, 6) is -0.776. The lowest BCUT2D eigenvalue weighted by Gasteiger charge is -2.20. The largest absolute Gasteiger partial charge is 0.461 e. The highest BCUT2D eigenvalue weighted by molar-refractivity contribution is 5.92. The second-order valence-electron chi connectivity index (χ2n) is 8.26. The van der Waals surface area contributed by atoms with Crippen LogP contribution in [0.2, 0.25) is 0 Å². The number of rotatable bonds is 11. The summed E-state index contributed by atoms with van der Waals surface area (Å²) in [5, 5.41) is 8.83. The lowest BCUT2D eigenvalue weighted by atomic mass is 10.0. The molecule has 2 amide bonds. The SMILES string of the molecule is CC(=O)OCc1cc(C)c(NC(=O)CCNC(=O)COCCNC(C)(C)C)c(C)c1. The van der Waals surface area contributed by atoms with E-state index in [0.29, 0.717) is 13.2 Å². The molecule has 30 heavy (non-hydrogen) atoms. The maximum atomic E-state index is 12.2. The van der Waals surface area contributed by atoms with E-state index in [0.717, 1.165) is 22.4 Å². The average molecular weight is 422 g/mol. The van der Waals surface area contributed by atoms with E-state index in [1.54, 1.807) is 0 Å². The molecule has 0 bridgehead atoms. The Morgan fingerprint density at radius 1 is 1.00 bits per heavy atom. The molecule has 168 valence electrons. The van der Waals surface area contributed by atoms with E-state index in [1.807, 2.05) is 26.0 Å². The number of hydrogen-bond donors (Lipinski definition) is 3. The predicted octanol–water partition coefficient (Wildman–Crippen LogP) is 2.22. The van der Waals surface area contributed by atoms with E-state index in [4.69, 9.17) is 9.47 Å².